The zero-order chi connectivity index (χ0) is 17.2. The van der Waals surface area contributed by atoms with Crippen LogP contribution in [0.15, 0.2) is 0 Å². The summed E-state index contributed by atoms with van der Waals surface area (Å²) in [6, 6.07) is 0. The molecule has 0 aliphatic carbocycles. The molecule has 6 unspecified atom stereocenters. The molecule has 7 N–H and O–H groups in total. The van der Waals surface area contributed by atoms with E-state index in [0.29, 0.717) is 18.8 Å². The lowest BCUT2D eigenvalue weighted by molar-refractivity contribution is 0.259. The van der Waals surface area contributed by atoms with Gasteiger partial charge in [-0.3, -0.25) is 14.9 Å². The first kappa shape index (κ1) is 14.9. The maximum absolute atomic E-state index is 11.7. The monoisotopic (exact) mass is 343 g/mol. The summed E-state index contributed by atoms with van der Waals surface area (Å²) < 4.78 is 0. The average Bonchev–Trinajstić information content (AvgIpc) is 3.50. The Kier molecular flexibility index (Phi) is 2.31. The largest absolute Gasteiger partial charge is 0.307 e. The van der Waals surface area contributed by atoms with Crippen molar-refractivity contribution in [3.8, 4) is 0 Å². The first-order valence-corrected chi connectivity index (χ1v) is 8.86. The summed E-state index contributed by atoms with van der Waals surface area (Å²) in [4.78, 5) is 22.5. The van der Waals surface area contributed by atoms with Gasteiger partial charge < -0.3 is 32.0 Å². The lowest BCUT2D eigenvalue weighted by Gasteiger charge is -2.41. The molecular formula is C16H21N7O2. The Labute approximate surface area is 144 Å². The van der Waals surface area contributed by atoms with Crippen LogP contribution in [0.4, 0.5) is 0 Å². The zero-order valence-corrected chi connectivity index (χ0v) is 13.8. The third-order valence-corrected chi connectivity index (χ3v) is 7.76. The van der Waals surface area contributed by atoms with Gasteiger partial charge in [-0.1, -0.05) is 0 Å². The maximum Gasteiger partial charge on any atom is 0.223 e. The van der Waals surface area contributed by atoms with Gasteiger partial charge in [0.25, 0.3) is 0 Å². The average molecular weight is 343 g/mol. The van der Waals surface area contributed by atoms with Gasteiger partial charge in [0.2, 0.25) is 12.6 Å². The van der Waals surface area contributed by atoms with Crippen LogP contribution in [0.3, 0.4) is 0 Å². The first-order chi connectivity index (χ1) is 12.0. The highest BCUT2D eigenvalue weighted by molar-refractivity contribution is 6.03. The van der Waals surface area contributed by atoms with Gasteiger partial charge >= 0.3 is 0 Å². The molecule has 132 valence electrons. The van der Waals surface area contributed by atoms with Crippen LogP contribution in [0.1, 0.15) is 6.42 Å². The molecule has 2 radical (unpaired) electrons. The Morgan fingerprint density at radius 2 is 1.24 bits per heavy atom. The molecule has 6 saturated heterocycles. The quantitative estimate of drug-likeness (QED) is 0.161. The second kappa shape index (κ2) is 3.88. The highest BCUT2D eigenvalue weighted by atomic mass is 16.1. The van der Waals surface area contributed by atoms with Crippen molar-refractivity contribution in [2.75, 3.05) is 39.3 Å². The van der Waals surface area contributed by atoms with Crippen molar-refractivity contribution in [3.63, 3.8) is 0 Å². The SMILES string of the molecule is N=C(C[C]=O)C1(C2(C3(C4(C5(C6([C]=O)CN6)CN5)CN4)CN3)CN2)CN1. The van der Waals surface area contributed by atoms with Gasteiger partial charge in [-0.15, -0.1) is 0 Å². The standard InChI is InChI=1S/C16H21N7O2/c17-10(1-2-24)12(4-19-12)14(6-21-14)16(8-23-16)15(7-22-15)13(5-20-13)11(9-25)3-18-11/h17-23H,1,3-8H2. The highest BCUT2D eigenvalue weighted by Gasteiger charge is 2.93. The molecule has 25 heavy (non-hydrogen) atoms. The molecule has 6 rings (SSSR count). The molecule has 6 aliphatic heterocycles. The Morgan fingerprint density at radius 3 is 1.56 bits per heavy atom. The number of nitrogens with one attached hydrogen (secondary N) is 7. The second-order valence-corrected chi connectivity index (χ2v) is 8.46. The van der Waals surface area contributed by atoms with E-state index < -0.39 is 11.1 Å². The number of rotatable bonds is 9. The fourth-order valence-corrected chi connectivity index (χ4v) is 5.86. The summed E-state index contributed by atoms with van der Waals surface area (Å²) in [5, 5.41) is 29.3. The van der Waals surface area contributed by atoms with E-state index in [-0.39, 0.29) is 28.6 Å². The van der Waals surface area contributed by atoms with E-state index in [1.807, 2.05) is 6.29 Å². The Hall–Kier alpha value is -1.23. The van der Waals surface area contributed by atoms with E-state index in [1.54, 1.807) is 0 Å². The van der Waals surface area contributed by atoms with E-state index in [9.17, 15) is 9.59 Å². The van der Waals surface area contributed by atoms with E-state index in [4.69, 9.17) is 5.41 Å². The third kappa shape index (κ3) is 1.34. The van der Waals surface area contributed by atoms with Crippen LogP contribution in [-0.4, -0.2) is 90.8 Å². The topological polar surface area (TPSA) is 190 Å². The summed E-state index contributed by atoms with van der Waals surface area (Å²) in [5.74, 6) is 0. The van der Waals surface area contributed by atoms with Crippen LogP contribution in [0.5, 0.6) is 0 Å². The minimum absolute atomic E-state index is 0.0317. The minimum Gasteiger partial charge on any atom is -0.307 e. The van der Waals surface area contributed by atoms with Crippen LogP contribution in [0.2, 0.25) is 0 Å². The van der Waals surface area contributed by atoms with Crippen molar-refractivity contribution >= 4 is 18.3 Å². The first-order valence-electron chi connectivity index (χ1n) is 8.86. The van der Waals surface area contributed by atoms with Gasteiger partial charge in [-0.05, 0) is 0 Å². The van der Waals surface area contributed by atoms with Crippen LogP contribution < -0.4 is 31.9 Å². The van der Waals surface area contributed by atoms with Gasteiger partial charge in [0.1, 0.15) is 5.54 Å². The molecule has 6 atom stereocenters. The Balaban J connectivity index is 1.40. The van der Waals surface area contributed by atoms with Gasteiger partial charge in [0, 0.05) is 45.0 Å². The molecule has 6 heterocycles. The zero-order valence-electron chi connectivity index (χ0n) is 13.8. The van der Waals surface area contributed by atoms with E-state index in [2.05, 4.69) is 38.2 Å². The van der Waals surface area contributed by atoms with Crippen molar-refractivity contribution in [2.45, 2.75) is 39.7 Å². The smallest absolute Gasteiger partial charge is 0.223 e. The molecule has 0 aromatic carbocycles. The van der Waals surface area contributed by atoms with E-state index >= 15 is 0 Å². The van der Waals surface area contributed by atoms with Gasteiger partial charge in [-0.2, -0.15) is 0 Å². The minimum atomic E-state index is -0.613. The van der Waals surface area contributed by atoms with E-state index in [0.717, 1.165) is 26.2 Å². The normalized spacial score (nSPS) is 59.7. The molecule has 9 heteroatoms. The number of carbonyl (C=O) groups excluding carboxylic acids is 2. The summed E-state index contributed by atoms with van der Waals surface area (Å²) in [6.45, 7) is 4.57. The predicted octanol–water partition coefficient (Wildman–Crippen LogP) is -4.33. The highest BCUT2D eigenvalue weighted by Crippen LogP contribution is 2.64. The molecule has 0 spiro atoms. The van der Waals surface area contributed by atoms with Crippen LogP contribution in [0.25, 0.3) is 0 Å². The molecule has 6 aliphatic rings. The molecule has 0 aromatic rings. The predicted molar refractivity (Wildman–Crippen MR) is 88.1 cm³/mol. The van der Waals surface area contributed by atoms with Gasteiger partial charge in [-0.25, -0.2) is 0 Å². The molecule has 0 saturated carbocycles. The molecule has 0 bridgehead atoms. The number of hydrogen-bond donors (Lipinski definition) is 7. The van der Waals surface area contributed by atoms with E-state index in [1.165, 1.54) is 0 Å². The van der Waals surface area contributed by atoms with Crippen molar-refractivity contribution in [2.24, 2.45) is 0 Å². The second-order valence-electron chi connectivity index (χ2n) is 8.46. The lowest BCUT2D eigenvalue weighted by Crippen LogP contribution is -2.70. The lowest BCUT2D eigenvalue weighted by atomic mass is 9.63. The molecule has 0 aromatic heterocycles. The van der Waals surface area contributed by atoms with Crippen LogP contribution >= 0.6 is 0 Å². The molecule has 6 fully saturated rings. The summed E-state index contributed by atoms with van der Waals surface area (Å²) in [6.07, 6.45) is 4.15. The Bertz CT molecular complexity index is 710. The summed E-state index contributed by atoms with van der Waals surface area (Å²) in [5.41, 5.74) is -1.86. The maximum atomic E-state index is 11.7. The fraction of sp³-hybridized carbons (Fsp3) is 0.812. The summed E-state index contributed by atoms with van der Waals surface area (Å²) in [7, 11) is 0. The van der Waals surface area contributed by atoms with Crippen LogP contribution in [-0.2, 0) is 9.59 Å². The third-order valence-electron chi connectivity index (χ3n) is 7.76. The molecular weight excluding hydrogens is 322 g/mol. The van der Waals surface area contributed by atoms with Crippen LogP contribution in [0, 0.1) is 5.41 Å². The number of hydrogen-bond acceptors (Lipinski definition) is 9. The molecule has 0 amide bonds. The van der Waals surface area contributed by atoms with Gasteiger partial charge in [0.15, 0.2) is 0 Å². The Morgan fingerprint density at radius 1 is 0.760 bits per heavy atom. The van der Waals surface area contributed by atoms with Crippen molar-refractivity contribution < 1.29 is 9.59 Å². The molecule has 9 nitrogen and oxygen atoms in total. The fourth-order valence-electron chi connectivity index (χ4n) is 5.86. The summed E-state index contributed by atoms with van der Waals surface area (Å²) >= 11 is 0. The van der Waals surface area contributed by atoms with Crippen molar-refractivity contribution in [1.29, 1.82) is 5.41 Å². The van der Waals surface area contributed by atoms with Gasteiger partial charge in [0.05, 0.1) is 34.1 Å². The van der Waals surface area contributed by atoms with Crippen molar-refractivity contribution in [3.05, 3.63) is 0 Å². The van der Waals surface area contributed by atoms with Crippen molar-refractivity contribution in [1.82, 2.24) is 31.9 Å².